The Morgan fingerprint density at radius 2 is 1.78 bits per heavy atom. The van der Waals surface area contributed by atoms with Crippen LogP contribution in [0.25, 0.3) is 0 Å². The van der Waals surface area contributed by atoms with Gasteiger partial charge in [0, 0.05) is 11.8 Å². The highest BCUT2D eigenvalue weighted by Gasteiger charge is 2.27. The lowest BCUT2D eigenvalue weighted by atomic mass is 9.82. The molecule has 3 atom stereocenters. The monoisotopic (exact) mass is 321 g/mol. The number of ether oxygens (including phenoxy) is 1. The molecule has 0 aromatic heterocycles. The van der Waals surface area contributed by atoms with Gasteiger partial charge in [0.05, 0.1) is 12.0 Å². The van der Waals surface area contributed by atoms with Gasteiger partial charge in [0.15, 0.2) is 0 Å². The molecule has 0 aliphatic heterocycles. The van der Waals surface area contributed by atoms with Crippen molar-refractivity contribution in [3.8, 4) is 17.9 Å². The lowest BCUT2D eigenvalue weighted by Gasteiger charge is -2.26. The number of rotatable bonds is 1. The summed E-state index contributed by atoms with van der Waals surface area (Å²) in [5.74, 6) is 4.81. The van der Waals surface area contributed by atoms with Crippen LogP contribution in [-0.4, -0.2) is 18.2 Å². The molecule has 4 heteroatoms. The number of esters is 1. The van der Waals surface area contributed by atoms with Crippen molar-refractivity contribution in [2.75, 3.05) is 0 Å². The van der Waals surface area contributed by atoms with Gasteiger partial charge in [-0.1, -0.05) is 26.7 Å². The van der Waals surface area contributed by atoms with Gasteiger partial charge in [-0.25, -0.2) is 9.18 Å². The summed E-state index contributed by atoms with van der Waals surface area (Å²) in [6.07, 6.45) is 4.14. The van der Waals surface area contributed by atoms with Gasteiger partial charge in [0.1, 0.15) is 12.3 Å². The predicted octanol–water partition coefficient (Wildman–Crippen LogP) is 4.42. The molecule has 2 saturated carbocycles. The second-order valence-electron chi connectivity index (χ2n) is 6.32. The Hall–Kier alpha value is -1.55. The second-order valence-corrected chi connectivity index (χ2v) is 6.32. The summed E-state index contributed by atoms with van der Waals surface area (Å²) in [6.45, 7) is 6.04. The number of carbonyl (C=O) groups excluding carboxylic acids is 1. The highest BCUT2D eigenvalue weighted by atomic mass is 19.1. The topological polar surface area (TPSA) is 50.1 Å². The minimum absolute atomic E-state index is 0.0857. The van der Waals surface area contributed by atoms with Crippen molar-refractivity contribution < 1.29 is 13.9 Å². The first-order valence-electron chi connectivity index (χ1n) is 8.84. The number of hydrogen-bond donors (Lipinski definition) is 0. The van der Waals surface area contributed by atoms with E-state index in [1.807, 2.05) is 20.8 Å². The van der Waals surface area contributed by atoms with Crippen LogP contribution in [0.5, 0.6) is 0 Å². The number of nitriles is 1. The van der Waals surface area contributed by atoms with Gasteiger partial charge in [-0.2, -0.15) is 5.26 Å². The molecule has 0 spiro atoms. The van der Waals surface area contributed by atoms with Gasteiger partial charge in [0.2, 0.25) is 0 Å². The van der Waals surface area contributed by atoms with Crippen molar-refractivity contribution in [1.82, 2.24) is 0 Å². The fourth-order valence-corrected chi connectivity index (χ4v) is 3.12. The maximum absolute atomic E-state index is 13.8. The summed E-state index contributed by atoms with van der Waals surface area (Å²) in [5, 5.41) is 8.82. The molecule has 3 unspecified atom stereocenters. The van der Waals surface area contributed by atoms with Crippen molar-refractivity contribution in [3.63, 3.8) is 0 Å². The van der Waals surface area contributed by atoms with Crippen molar-refractivity contribution in [3.05, 3.63) is 0 Å². The van der Waals surface area contributed by atoms with E-state index in [-0.39, 0.29) is 17.9 Å². The van der Waals surface area contributed by atoms with E-state index in [0.717, 1.165) is 38.5 Å². The second kappa shape index (κ2) is 10.3. The van der Waals surface area contributed by atoms with Crippen LogP contribution in [0.15, 0.2) is 0 Å². The van der Waals surface area contributed by atoms with Crippen molar-refractivity contribution in [2.45, 2.75) is 78.0 Å². The lowest BCUT2D eigenvalue weighted by Crippen LogP contribution is -2.25. The van der Waals surface area contributed by atoms with Gasteiger partial charge in [-0.15, -0.1) is 0 Å². The Morgan fingerprint density at radius 3 is 2.35 bits per heavy atom. The van der Waals surface area contributed by atoms with E-state index < -0.39 is 12.1 Å². The Morgan fingerprint density at radius 1 is 1.13 bits per heavy atom. The summed E-state index contributed by atoms with van der Waals surface area (Å²) in [5.41, 5.74) is 0. The Kier molecular flexibility index (Phi) is 8.70. The van der Waals surface area contributed by atoms with Crippen molar-refractivity contribution >= 4 is 5.97 Å². The third-order valence-corrected chi connectivity index (χ3v) is 4.52. The van der Waals surface area contributed by atoms with Crippen LogP contribution in [0, 0.1) is 40.9 Å². The molecule has 0 N–H and O–H groups in total. The van der Waals surface area contributed by atoms with Crippen LogP contribution in [0.1, 0.15) is 65.7 Å². The van der Waals surface area contributed by atoms with E-state index in [1.54, 1.807) is 0 Å². The summed E-state index contributed by atoms with van der Waals surface area (Å²) in [6, 6.07) is 2.24. The minimum atomic E-state index is -0.930. The van der Waals surface area contributed by atoms with E-state index in [0.29, 0.717) is 12.3 Å². The highest BCUT2D eigenvalue weighted by Crippen LogP contribution is 2.30. The standard InChI is InChI=1S/C17H22FNO2.C2H6/c1-12-2-5-14(16(18)10-12)6-9-17(20)21-15-7-3-13(11-19)4-8-15;1-2/h12-16H,2-5,7-8,10H2,1H3;1-2H3. The van der Waals surface area contributed by atoms with Crippen LogP contribution >= 0.6 is 0 Å². The summed E-state index contributed by atoms with van der Waals surface area (Å²) in [4.78, 5) is 11.7. The first-order chi connectivity index (χ1) is 11.1. The normalized spacial score (nSPS) is 33.1. The molecule has 0 aromatic carbocycles. The molecular weight excluding hydrogens is 293 g/mol. The fourth-order valence-electron chi connectivity index (χ4n) is 3.12. The highest BCUT2D eigenvalue weighted by molar-refractivity contribution is 5.88. The van der Waals surface area contributed by atoms with Crippen LogP contribution in [0.2, 0.25) is 0 Å². The summed E-state index contributed by atoms with van der Waals surface area (Å²) in [7, 11) is 0. The molecule has 0 radical (unpaired) electrons. The molecule has 0 aromatic rings. The summed E-state index contributed by atoms with van der Waals surface area (Å²) < 4.78 is 19.1. The smallest absolute Gasteiger partial charge is 0.384 e. The molecule has 0 saturated heterocycles. The Balaban J connectivity index is 0.00000127. The molecular formula is C19H28FNO2. The van der Waals surface area contributed by atoms with E-state index >= 15 is 0 Å². The molecule has 2 aliphatic carbocycles. The summed E-state index contributed by atoms with van der Waals surface area (Å²) >= 11 is 0. The third kappa shape index (κ3) is 6.61. The van der Waals surface area contributed by atoms with E-state index in [2.05, 4.69) is 17.9 Å². The molecule has 2 rings (SSSR count). The maximum Gasteiger partial charge on any atom is 0.384 e. The van der Waals surface area contributed by atoms with Gasteiger partial charge in [-0.05, 0) is 50.9 Å². The van der Waals surface area contributed by atoms with E-state index in [9.17, 15) is 9.18 Å². The molecule has 2 fully saturated rings. The number of halogens is 1. The van der Waals surface area contributed by atoms with Crippen molar-refractivity contribution in [1.29, 1.82) is 5.26 Å². The van der Waals surface area contributed by atoms with E-state index in [1.165, 1.54) is 0 Å². The SMILES string of the molecule is CC.CC1CCC(C#CC(=O)OC2CCC(C#N)CC2)C(F)C1. The predicted molar refractivity (Wildman–Crippen MR) is 88.0 cm³/mol. The quantitative estimate of drug-likeness (QED) is 0.408. The molecule has 2 aliphatic rings. The van der Waals surface area contributed by atoms with Gasteiger partial charge < -0.3 is 4.74 Å². The third-order valence-electron chi connectivity index (χ3n) is 4.52. The number of alkyl halides is 1. The van der Waals surface area contributed by atoms with Crippen LogP contribution < -0.4 is 0 Å². The minimum Gasteiger partial charge on any atom is -0.453 e. The van der Waals surface area contributed by atoms with Gasteiger partial charge in [0.25, 0.3) is 0 Å². The molecule has 128 valence electrons. The number of nitrogens with zero attached hydrogens (tertiary/aromatic N) is 1. The fraction of sp³-hybridized carbons (Fsp3) is 0.789. The van der Waals surface area contributed by atoms with Gasteiger partial charge in [-0.3, -0.25) is 0 Å². The maximum atomic E-state index is 13.8. The molecule has 3 nitrogen and oxygen atoms in total. The van der Waals surface area contributed by atoms with Crippen LogP contribution in [-0.2, 0) is 9.53 Å². The average Bonchev–Trinajstić information content (AvgIpc) is 2.56. The molecule has 0 heterocycles. The van der Waals surface area contributed by atoms with Crippen LogP contribution in [0.4, 0.5) is 4.39 Å². The zero-order valence-corrected chi connectivity index (χ0v) is 14.5. The first kappa shape index (κ1) is 19.5. The first-order valence-corrected chi connectivity index (χ1v) is 8.84. The average molecular weight is 321 g/mol. The Labute approximate surface area is 139 Å². The molecule has 0 bridgehead atoms. The lowest BCUT2D eigenvalue weighted by molar-refractivity contribution is -0.143. The molecule has 0 amide bonds. The van der Waals surface area contributed by atoms with E-state index in [4.69, 9.17) is 10.00 Å². The van der Waals surface area contributed by atoms with Crippen LogP contribution in [0.3, 0.4) is 0 Å². The zero-order chi connectivity index (χ0) is 17.2. The largest absolute Gasteiger partial charge is 0.453 e. The number of hydrogen-bond acceptors (Lipinski definition) is 3. The van der Waals surface area contributed by atoms with Crippen molar-refractivity contribution in [2.24, 2.45) is 17.8 Å². The molecule has 23 heavy (non-hydrogen) atoms. The van der Waals surface area contributed by atoms with Gasteiger partial charge >= 0.3 is 5.97 Å². The number of carbonyl (C=O) groups is 1. The Bertz CT molecular complexity index is 466. The zero-order valence-electron chi connectivity index (χ0n) is 14.5.